The van der Waals surface area contributed by atoms with Crippen molar-refractivity contribution in [3.8, 4) is 0 Å². The van der Waals surface area contributed by atoms with E-state index in [0.29, 0.717) is 0 Å². The lowest BCUT2D eigenvalue weighted by Gasteiger charge is -2.11. The van der Waals surface area contributed by atoms with Crippen molar-refractivity contribution in [3.05, 3.63) is 61.3 Å². The van der Waals surface area contributed by atoms with Gasteiger partial charge in [-0.3, -0.25) is 0 Å². The lowest BCUT2D eigenvalue weighted by molar-refractivity contribution is -0.131. The molecular weight excluding hydrogens is 204 g/mol. The molecule has 2 aliphatic carbocycles. The normalized spacial score (nSPS) is 17.5. The molecule has 0 bridgehead atoms. The molecule has 0 unspecified atom stereocenters. The van der Waals surface area contributed by atoms with Gasteiger partial charge in [0.1, 0.15) is 0 Å². The number of hydrogen-bond acceptors (Lipinski definition) is 2. The Hall–Kier alpha value is -1.87. The van der Waals surface area contributed by atoms with Crippen LogP contribution in [0.3, 0.4) is 0 Å². The molecule has 0 aromatic rings. The van der Waals surface area contributed by atoms with E-state index in [0.717, 1.165) is 6.08 Å². The molecule has 3 nitrogen and oxygen atoms in total. The monoisotopic (exact) mass is 218 g/mol. The first kappa shape index (κ1) is 12.2. The predicted octanol–water partition coefficient (Wildman–Crippen LogP) is 2.25. The van der Waals surface area contributed by atoms with Crippen molar-refractivity contribution in [2.45, 2.75) is 12.2 Å². The highest BCUT2D eigenvalue weighted by atomic mass is 16.5. The van der Waals surface area contributed by atoms with Crippen molar-refractivity contribution < 1.29 is 14.6 Å². The van der Waals surface area contributed by atoms with E-state index >= 15 is 0 Å². The second kappa shape index (κ2) is 6.58. The minimum atomic E-state index is -0.981. The molecular formula is C13H14O3. The molecule has 0 saturated carbocycles. The van der Waals surface area contributed by atoms with Crippen LogP contribution in [0, 0.1) is 0 Å². The first-order valence-corrected chi connectivity index (χ1v) is 4.93. The molecule has 2 rings (SSSR count). The van der Waals surface area contributed by atoms with E-state index < -0.39 is 5.97 Å². The second-order valence-electron chi connectivity index (χ2n) is 3.15. The maximum absolute atomic E-state index is 9.25. The molecule has 1 N–H and O–H groups in total. The number of aliphatic carboxylic acids is 1. The number of hydrogen-bond donors (Lipinski definition) is 1. The third-order valence-electron chi connectivity index (χ3n) is 1.91. The third-order valence-corrected chi connectivity index (χ3v) is 1.91. The molecule has 0 atom stereocenters. The summed E-state index contributed by atoms with van der Waals surface area (Å²) in [5.41, 5.74) is 0. The summed E-state index contributed by atoms with van der Waals surface area (Å²) in [6.07, 6.45) is 17.4. The van der Waals surface area contributed by atoms with Crippen molar-refractivity contribution >= 4 is 5.97 Å². The molecule has 0 saturated heterocycles. The lowest BCUT2D eigenvalue weighted by atomic mass is 10.3. The van der Waals surface area contributed by atoms with Crippen molar-refractivity contribution in [3.63, 3.8) is 0 Å². The first-order chi connectivity index (χ1) is 7.72. The number of rotatable bonds is 3. The van der Waals surface area contributed by atoms with Gasteiger partial charge in [-0.2, -0.15) is 0 Å². The Morgan fingerprint density at radius 1 is 1.06 bits per heavy atom. The molecule has 16 heavy (non-hydrogen) atoms. The van der Waals surface area contributed by atoms with Gasteiger partial charge in [0.15, 0.2) is 0 Å². The summed E-state index contributed by atoms with van der Waals surface area (Å²) in [5.74, 6) is -0.981. The van der Waals surface area contributed by atoms with Crippen LogP contribution in [0.2, 0.25) is 0 Å². The molecule has 3 heteroatoms. The summed E-state index contributed by atoms with van der Waals surface area (Å²) >= 11 is 0. The molecule has 0 spiro atoms. The minimum absolute atomic E-state index is 0.174. The number of ether oxygens (including phenoxy) is 1. The molecule has 0 aliphatic heterocycles. The standard InChI is InChI=1S/C10H10O.C3H4O2/c1-2-6-9(5-1)11-10-7-3-4-8-10;1-2-3(4)5/h1-10H;2H,1H2,(H,4,5). The predicted molar refractivity (Wildman–Crippen MR) is 63.1 cm³/mol. The summed E-state index contributed by atoms with van der Waals surface area (Å²) in [5, 5.41) is 7.60. The fourth-order valence-corrected chi connectivity index (χ4v) is 1.19. The Bertz CT molecular complexity index is 311. The number of carboxylic acids is 1. The smallest absolute Gasteiger partial charge is 0.327 e. The van der Waals surface area contributed by atoms with Crippen LogP contribution >= 0.6 is 0 Å². The van der Waals surface area contributed by atoms with E-state index in [1.807, 2.05) is 48.6 Å². The molecule has 2 aliphatic rings. The van der Waals surface area contributed by atoms with Crippen molar-refractivity contribution in [1.29, 1.82) is 0 Å². The number of carbonyl (C=O) groups is 1. The van der Waals surface area contributed by atoms with Gasteiger partial charge in [0, 0.05) is 6.08 Å². The molecule has 0 fully saturated rings. The van der Waals surface area contributed by atoms with Crippen LogP contribution < -0.4 is 0 Å². The van der Waals surface area contributed by atoms with Crippen LogP contribution in [0.15, 0.2) is 61.3 Å². The van der Waals surface area contributed by atoms with Crippen LogP contribution in [0.5, 0.6) is 0 Å². The van der Waals surface area contributed by atoms with Crippen LogP contribution in [-0.4, -0.2) is 23.3 Å². The zero-order chi connectivity index (χ0) is 11.8. The Labute approximate surface area is 94.7 Å². The summed E-state index contributed by atoms with van der Waals surface area (Å²) in [6, 6.07) is 0. The maximum atomic E-state index is 9.25. The van der Waals surface area contributed by atoms with Crippen LogP contribution in [-0.2, 0) is 9.53 Å². The van der Waals surface area contributed by atoms with Gasteiger partial charge >= 0.3 is 5.97 Å². The van der Waals surface area contributed by atoms with Gasteiger partial charge < -0.3 is 9.84 Å². The van der Waals surface area contributed by atoms with Crippen LogP contribution in [0.1, 0.15) is 0 Å². The Morgan fingerprint density at radius 3 is 1.62 bits per heavy atom. The Morgan fingerprint density at radius 2 is 1.38 bits per heavy atom. The largest absolute Gasteiger partial charge is 0.478 e. The molecule has 0 heterocycles. The molecule has 0 aromatic carbocycles. The van der Waals surface area contributed by atoms with Crippen LogP contribution in [0.4, 0.5) is 0 Å². The van der Waals surface area contributed by atoms with E-state index in [2.05, 4.69) is 6.58 Å². The fourth-order valence-electron chi connectivity index (χ4n) is 1.19. The quantitative estimate of drug-likeness (QED) is 0.739. The van der Waals surface area contributed by atoms with Gasteiger partial charge in [-0.25, -0.2) is 4.79 Å². The van der Waals surface area contributed by atoms with E-state index in [4.69, 9.17) is 9.84 Å². The molecule has 84 valence electrons. The highest BCUT2D eigenvalue weighted by molar-refractivity contribution is 5.78. The molecule has 0 amide bonds. The summed E-state index contributed by atoms with van der Waals surface area (Å²) in [7, 11) is 0. The van der Waals surface area contributed by atoms with Gasteiger partial charge in [0.2, 0.25) is 0 Å². The zero-order valence-corrected chi connectivity index (χ0v) is 8.82. The fraction of sp³-hybridized carbons (Fsp3) is 0.154. The average molecular weight is 218 g/mol. The maximum Gasteiger partial charge on any atom is 0.327 e. The zero-order valence-electron chi connectivity index (χ0n) is 8.82. The van der Waals surface area contributed by atoms with Crippen LogP contribution in [0.25, 0.3) is 0 Å². The van der Waals surface area contributed by atoms with Gasteiger partial charge in [-0.1, -0.05) is 55.2 Å². The lowest BCUT2D eigenvalue weighted by Crippen LogP contribution is -2.12. The average Bonchev–Trinajstić information content (AvgIpc) is 2.92. The Balaban J connectivity index is 0.000000221. The first-order valence-electron chi connectivity index (χ1n) is 4.93. The van der Waals surface area contributed by atoms with Crippen molar-refractivity contribution in [2.24, 2.45) is 0 Å². The third kappa shape index (κ3) is 4.57. The van der Waals surface area contributed by atoms with Crippen molar-refractivity contribution in [1.82, 2.24) is 0 Å². The number of carboxylic acid groups (broad SMARTS) is 1. The Kier molecular flexibility index (Phi) is 5.02. The summed E-state index contributed by atoms with van der Waals surface area (Å²) in [4.78, 5) is 9.25. The summed E-state index contributed by atoms with van der Waals surface area (Å²) in [6.45, 7) is 2.96. The van der Waals surface area contributed by atoms with Gasteiger partial charge in [-0.15, -0.1) is 0 Å². The second-order valence-corrected chi connectivity index (χ2v) is 3.15. The van der Waals surface area contributed by atoms with Crippen molar-refractivity contribution in [2.75, 3.05) is 0 Å². The van der Waals surface area contributed by atoms with Gasteiger partial charge in [0.05, 0.1) is 12.2 Å². The highest BCUT2D eigenvalue weighted by Gasteiger charge is 2.09. The topological polar surface area (TPSA) is 46.5 Å². The summed E-state index contributed by atoms with van der Waals surface area (Å²) < 4.78 is 5.62. The van der Waals surface area contributed by atoms with Gasteiger partial charge in [0.25, 0.3) is 0 Å². The SMILES string of the molecule is C1=CC(OC2C=CC=C2)C=C1.C=CC(=O)O. The highest BCUT2D eigenvalue weighted by Crippen LogP contribution is 2.12. The van der Waals surface area contributed by atoms with E-state index in [1.54, 1.807) is 0 Å². The van der Waals surface area contributed by atoms with Gasteiger partial charge in [-0.05, 0) is 0 Å². The van der Waals surface area contributed by atoms with E-state index in [1.165, 1.54) is 0 Å². The minimum Gasteiger partial charge on any atom is -0.478 e. The molecule has 0 radical (unpaired) electrons. The van der Waals surface area contributed by atoms with E-state index in [9.17, 15) is 4.79 Å². The number of allylic oxidation sites excluding steroid dienone is 4. The molecule has 0 aromatic heterocycles. The van der Waals surface area contributed by atoms with E-state index in [-0.39, 0.29) is 12.2 Å².